The molecule has 0 unspecified atom stereocenters. The lowest BCUT2D eigenvalue weighted by Gasteiger charge is -1.93. The molecule has 1 heterocycles. The van der Waals surface area contributed by atoms with Crippen molar-refractivity contribution in [3.8, 4) is 0 Å². The summed E-state index contributed by atoms with van der Waals surface area (Å²) in [5, 5.41) is 2.10. The third kappa shape index (κ3) is 1.14. The van der Waals surface area contributed by atoms with E-state index in [0.29, 0.717) is 10.5 Å². The number of halogens is 2. The van der Waals surface area contributed by atoms with Crippen molar-refractivity contribution in [1.82, 2.24) is 0 Å². The smallest absolute Gasteiger partial charge is 0.207 e. The van der Waals surface area contributed by atoms with Gasteiger partial charge in [0, 0.05) is 6.07 Å². The number of hydrogen-bond acceptors (Lipinski definition) is 0. The van der Waals surface area contributed by atoms with Gasteiger partial charge in [-0.2, -0.15) is 0 Å². The van der Waals surface area contributed by atoms with E-state index in [0.717, 1.165) is 5.39 Å². The maximum absolute atomic E-state index is 12.7. The number of hydrogen-bond donors (Lipinski definition) is 0. The molecule has 1 nitrogen and oxygen atoms in total. The third-order valence-electron chi connectivity index (χ3n) is 1.72. The summed E-state index contributed by atoms with van der Waals surface area (Å²) < 4.78 is 12.7. The van der Waals surface area contributed by atoms with E-state index in [1.54, 1.807) is 12.3 Å². The molecule has 0 atom stereocenters. The molecule has 0 fully saturated rings. The summed E-state index contributed by atoms with van der Waals surface area (Å²) in [4.78, 5) is 2.80. The second-order valence-electron chi connectivity index (χ2n) is 2.52. The summed E-state index contributed by atoms with van der Waals surface area (Å²) in [7, 11) is 0. The molecule has 0 saturated heterocycles. The quantitative estimate of drug-likeness (QED) is 0.556. The molecule has 0 aliphatic carbocycles. The van der Waals surface area contributed by atoms with Crippen LogP contribution in [0.5, 0.6) is 0 Å². The van der Waals surface area contributed by atoms with Gasteiger partial charge >= 0.3 is 0 Å². The Labute approximate surface area is 73.8 Å². The van der Waals surface area contributed by atoms with E-state index in [9.17, 15) is 4.39 Å². The van der Waals surface area contributed by atoms with Crippen LogP contribution in [0.4, 0.5) is 4.39 Å². The number of nitrogens with one attached hydrogen (secondary N) is 1. The number of aromatic nitrogens is 1. The lowest BCUT2D eigenvalue weighted by atomic mass is 10.2. The molecule has 12 heavy (non-hydrogen) atoms. The van der Waals surface area contributed by atoms with Crippen molar-refractivity contribution in [3.63, 3.8) is 0 Å². The summed E-state index contributed by atoms with van der Waals surface area (Å²) in [6.45, 7) is 0. The van der Waals surface area contributed by atoms with Crippen LogP contribution in [0.1, 0.15) is 0 Å². The average Bonchev–Trinajstić information content (AvgIpc) is 2.07. The van der Waals surface area contributed by atoms with Gasteiger partial charge in [-0.3, -0.25) is 0 Å². The van der Waals surface area contributed by atoms with Crippen LogP contribution in [0.3, 0.4) is 0 Å². The van der Waals surface area contributed by atoms with Gasteiger partial charge in [0.25, 0.3) is 5.15 Å². The van der Waals surface area contributed by atoms with Crippen molar-refractivity contribution in [2.75, 3.05) is 0 Å². The molecule has 0 saturated carbocycles. The second kappa shape index (κ2) is 2.72. The Hall–Kier alpha value is -1.15. The SMILES string of the molecule is Fc1ccc2cc[nH+]c(Cl)c2c1. The number of H-pyrrole nitrogens is 1. The van der Waals surface area contributed by atoms with Gasteiger partial charge in [0.15, 0.2) is 6.20 Å². The minimum atomic E-state index is -0.274. The molecular weight excluding hydrogens is 177 g/mol. The number of fused-ring (bicyclic) bond motifs is 1. The number of aromatic amines is 1. The first-order valence-corrected chi connectivity index (χ1v) is 3.90. The van der Waals surface area contributed by atoms with Gasteiger partial charge in [-0.05, 0) is 29.1 Å². The first-order valence-electron chi connectivity index (χ1n) is 3.53. The largest absolute Gasteiger partial charge is 0.281 e. The molecule has 1 N–H and O–H groups in total. The Bertz CT molecular complexity index is 428. The van der Waals surface area contributed by atoms with Gasteiger partial charge in [-0.15, -0.1) is 0 Å². The zero-order valence-corrected chi connectivity index (χ0v) is 6.90. The highest BCUT2D eigenvalue weighted by molar-refractivity contribution is 6.33. The van der Waals surface area contributed by atoms with Crippen LogP contribution < -0.4 is 4.98 Å². The lowest BCUT2D eigenvalue weighted by Crippen LogP contribution is -2.01. The highest BCUT2D eigenvalue weighted by Crippen LogP contribution is 2.19. The van der Waals surface area contributed by atoms with Crippen molar-refractivity contribution >= 4 is 22.4 Å². The molecule has 1 aromatic heterocycles. The molecule has 0 radical (unpaired) electrons. The zero-order chi connectivity index (χ0) is 8.55. The number of benzene rings is 1. The van der Waals surface area contributed by atoms with E-state index >= 15 is 0 Å². The van der Waals surface area contributed by atoms with E-state index < -0.39 is 0 Å². The first-order chi connectivity index (χ1) is 5.77. The van der Waals surface area contributed by atoms with Crippen molar-refractivity contribution < 1.29 is 9.37 Å². The van der Waals surface area contributed by atoms with Gasteiger partial charge in [0.2, 0.25) is 0 Å². The van der Waals surface area contributed by atoms with E-state index in [2.05, 4.69) is 4.98 Å². The van der Waals surface area contributed by atoms with Crippen LogP contribution in [0, 0.1) is 5.82 Å². The Balaban J connectivity index is 2.88. The van der Waals surface area contributed by atoms with E-state index in [1.165, 1.54) is 12.1 Å². The van der Waals surface area contributed by atoms with Gasteiger partial charge < -0.3 is 0 Å². The van der Waals surface area contributed by atoms with Crippen LogP contribution in [0.25, 0.3) is 10.8 Å². The Morgan fingerprint density at radius 2 is 2.08 bits per heavy atom. The molecule has 60 valence electrons. The standard InChI is InChI=1S/C9H5ClFN/c10-9-8-5-7(11)2-1-6(8)3-4-12-9/h1-5H/p+1. The van der Waals surface area contributed by atoms with Gasteiger partial charge in [0.1, 0.15) is 5.82 Å². The predicted octanol–water partition coefficient (Wildman–Crippen LogP) is 2.45. The highest BCUT2D eigenvalue weighted by atomic mass is 35.5. The lowest BCUT2D eigenvalue weighted by molar-refractivity contribution is -0.373. The molecule has 0 bridgehead atoms. The summed E-state index contributed by atoms with van der Waals surface area (Å²) in [5.74, 6) is -0.274. The van der Waals surface area contributed by atoms with Crippen molar-refractivity contribution in [2.45, 2.75) is 0 Å². The monoisotopic (exact) mass is 182 g/mol. The molecule has 3 heteroatoms. The fourth-order valence-electron chi connectivity index (χ4n) is 1.15. The van der Waals surface area contributed by atoms with Gasteiger partial charge in [-0.25, -0.2) is 9.37 Å². The van der Waals surface area contributed by atoms with E-state index in [-0.39, 0.29) is 5.82 Å². The average molecular weight is 183 g/mol. The molecule has 0 amide bonds. The summed E-state index contributed by atoms with van der Waals surface area (Å²) in [5.41, 5.74) is 0. The normalized spacial score (nSPS) is 10.5. The Morgan fingerprint density at radius 3 is 2.92 bits per heavy atom. The molecule has 1 aromatic carbocycles. The molecule has 0 aliphatic heterocycles. The molecule has 2 aromatic rings. The van der Waals surface area contributed by atoms with Gasteiger partial charge in [-0.1, -0.05) is 6.07 Å². The fourth-order valence-corrected chi connectivity index (χ4v) is 1.37. The molecular formula is C9H6ClFN+. The minimum absolute atomic E-state index is 0.274. The van der Waals surface area contributed by atoms with Crippen LogP contribution in [0.15, 0.2) is 30.5 Å². The highest BCUT2D eigenvalue weighted by Gasteiger charge is 2.04. The topological polar surface area (TPSA) is 14.1 Å². The summed E-state index contributed by atoms with van der Waals surface area (Å²) in [6.07, 6.45) is 1.72. The predicted molar refractivity (Wildman–Crippen MR) is 45.5 cm³/mol. The Kier molecular flexibility index (Phi) is 1.70. The number of rotatable bonds is 0. The maximum Gasteiger partial charge on any atom is 0.281 e. The van der Waals surface area contributed by atoms with Crippen molar-refractivity contribution in [3.05, 3.63) is 41.4 Å². The van der Waals surface area contributed by atoms with Crippen LogP contribution in [-0.4, -0.2) is 0 Å². The van der Waals surface area contributed by atoms with E-state index in [4.69, 9.17) is 11.6 Å². The molecule has 0 spiro atoms. The van der Waals surface area contributed by atoms with Crippen LogP contribution in [-0.2, 0) is 0 Å². The third-order valence-corrected chi connectivity index (χ3v) is 2.04. The van der Waals surface area contributed by atoms with Gasteiger partial charge in [0.05, 0.1) is 5.39 Å². The summed E-state index contributed by atoms with van der Waals surface area (Å²) in [6, 6.07) is 6.37. The van der Waals surface area contributed by atoms with Crippen LogP contribution >= 0.6 is 11.6 Å². The first kappa shape index (κ1) is 7.50. The van der Waals surface area contributed by atoms with Crippen LogP contribution in [0.2, 0.25) is 5.15 Å². The maximum atomic E-state index is 12.7. The second-order valence-corrected chi connectivity index (χ2v) is 2.90. The summed E-state index contributed by atoms with van der Waals surface area (Å²) >= 11 is 5.81. The number of pyridine rings is 1. The molecule has 2 rings (SSSR count). The van der Waals surface area contributed by atoms with Crippen molar-refractivity contribution in [1.29, 1.82) is 0 Å². The van der Waals surface area contributed by atoms with Crippen molar-refractivity contribution in [2.24, 2.45) is 0 Å². The zero-order valence-electron chi connectivity index (χ0n) is 6.14. The molecule has 0 aliphatic rings. The minimum Gasteiger partial charge on any atom is -0.207 e. The van der Waals surface area contributed by atoms with E-state index in [1.807, 2.05) is 6.07 Å². The Morgan fingerprint density at radius 1 is 1.25 bits per heavy atom. The fraction of sp³-hybridized carbons (Fsp3) is 0.